The molecule has 1 aromatic rings. The molecule has 4 N–H and O–H groups in total. The third-order valence-corrected chi connectivity index (χ3v) is 3.74. The molecule has 0 saturated heterocycles. The number of hydrogen-bond donors (Lipinski definition) is 4. The predicted octanol–water partition coefficient (Wildman–Crippen LogP) is 0.549. The van der Waals surface area contributed by atoms with Crippen LogP contribution in [0.5, 0.6) is 0 Å². The van der Waals surface area contributed by atoms with Gasteiger partial charge in [-0.1, -0.05) is 44.2 Å². The number of carbonyl (C=O) groups excluding carboxylic acids is 3. The molecular formula is C18H27N3O5. The average molecular weight is 365 g/mol. The quantitative estimate of drug-likeness (QED) is 0.537. The summed E-state index contributed by atoms with van der Waals surface area (Å²) in [6.07, 6.45) is -1.83. The summed E-state index contributed by atoms with van der Waals surface area (Å²) >= 11 is 0. The number of nitrogens with one attached hydrogen (secondary N) is 3. The first-order valence-corrected chi connectivity index (χ1v) is 8.43. The van der Waals surface area contributed by atoms with Crippen molar-refractivity contribution in [3.8, 4) is 0 Å². The Morgan fingerprint density at radius 1 is 1.00 bits per heavy atom. The molecule has 26 heavy (non-hydrogen) atoms. The van der Waals surface area contributed by atoms with Gasteiger partial charge in [-0.05, 0) is 18.4 Å². The Kier molecular flexibility index (Phi) is 8.57. The second kappa shape index (κ2) is 10.4. The van der Waals surface area contributed by atoms with E-state index in [2.05, 4.69) is 16.0 Å². The largest absolute Gasteiger partial charge is 0.445 e. The van der Waals surface area contributed by atoms with Gasteiger partial charge in [0.05, 0.1) is 6.10 Å². The number of aliphatic hydroxyl groups excluding tert-OH is 1. The SMILES string of the molecule is CNC(=O)[C@@H](NC(=O)[C@@H](NC(=O)OCc1ccccc1)C(C)C)[C@@H](C)O. The van der Waals surface area contributed by atoms with Crippen molar-refractivity contribution in [2.45, 2.75) is 45.6 Å². The maximum atomic E-state index is 12.5. The zero-order chi connectivity index (χ0) is 19.7. The molecule has 0 aromatic heterocycles. The van der Waals surface area contributed by atoms with Crippen LogP contribution in [0.25, 0.3) is 0 Å². The lowest BCUT2D eigenvalue weighted by Crippen LogP contribution is -2.58. The number of carbonyl (C=O) groups is 3. The van der Waals surface area contributed by atoms with Crippen LogP contribution in [0.4, 0.5) is 4.79 Å². The van der Waals surface area contributed by atoms with Gasteiger partial charge in [-0.2, -0.15) is 0 Å². The monoisotopic (exact) mass is 365 g/mol. The summed E-state index contributed by atoms with van der Waals surface area (Å²) in [7, 11) is 1.41. The van der Waals surface area contributed by atoms with Gasteiger partial charge in [0.1, 0.15) is 18.7 Å². The third-order valence-electron chi connectivity index (χ3n) is 3.74. The molecule has 0 aliphatic carbocycles. The van der Waals surface area contributed by atoms with Gasteiger partial charge < -0.3 is 25.8 Å². The van der Waals surface area contributed by atoms with Crippen LogP contribution in [-0.2, 0) is 20.9 Å². The van der Waals surface area contributed by atoms with E-state index in [9.17, 15) is 19.5 Å². The van der Waals surface area contributed by atoms with Gasteiger partial charge in [-0.25, -0.2) is 4.79 Å². The molecule has 0 spiro atoms. The molecule has 1 rings (SSSR count). The van der Waals surface area contributed by atoms with Crippen LogP contribution in [-0.4, -0.2) is 48.2 Å². The van der Waals surface area contributed by atoms with Crippen LogP contribution in [0, 0.1) is 5.92 Å². The Bertz CT molecular complexity index is 604. The smallest absolute Gasteiger partial charge is 0.408 e. The maximum absolute atomic E-state index is 12.5. The third kappa shape index (κ3) is 6.72. The van der Waals surface area contributed by atoms with E-state index in [1.807, 2.05) is 30.3 Å². The molecule has 1 aromatic carbocycles. The summed E-state index contributed by atoms with van der Waals surface area (Å²) in [6.45, 7) is 4.97. The van der Waals surface area contributed by atoms with E-state index in [4.69, 9.17) is 4.74 Å². The lowest BCUT2D eigenvalue weighted by Gasteiger charge is -2.25. The first-order chi connectivity index (χ1) is 12.3. The van der Waals surface area contributed by atoms with Crippen LogP contribution in [0.15, 0.2) is 30.3 Å². The summed E-state index contributed by atoms with van der Waals surface area (Å²) in [5.41, 5.74) is 0.821. The van der Waals surface area contributed by atoms with Crippen molar-refractivity contribution < 1.29 is 24.2 Å². The molecule has 0 aliphatic heterocycles. The van der Waals surface area contributed by atoms with Crippen molar-refractivity contribution in [1.82, 2.24) is 16.0 Å². The molecule has 0 radical (unpaired) electrons. The fraction of sp³-hybridized carbons (Fsp3) is 0.500. The number of rotatable bonds is 8. The van der Waals surface area contributed by atoms with Gasteiger partial charge in [0, 0.05) is 7.05 Å². The van der Waals surface area contributed by atoms with Crippen molar-refractivity contribution in [1.29, 1.82) is 0 Å². The lowest BCUT2D eigenvalue weighted by molar-refractivity contribution is -0.132. The highest BCUT2D eigenvalue weighted by Crippen LogP contribution is 2.06. The van der Waals surface area contributed by atoms with E-state index in [1.165, 1.54) is 14.0 Å². The molecule has 0 aliphatic rings. The molecule has 3 atom stereocenters. The Morgan fingerprint density at radius 2 is 1.62 bits per heavy atom. The highest BCUT2D eigenvalue weighted by Gasteiger charge is 2.31. The summed E-state index contributed by atoms with van der Waals surface area (Å²) in [4.78, 5) is 36.2. The fourth-order valence-electron chi connectivity index (χ4n) is 2.23. The van der Waals surface area contributed by atoms with Crippen LogP contribution < -0.4 is 16.0 Å². The number of alkyl carbamates (subject to hydrolysis) is 1. The Balaban J connectivity index is 2.67. The molecule has 3 amide bonds. The second-order valence-corrected chi connectivity index (χ2v) is 6.27. The van der Waals surface area contributed by atoms with E-state index in [1.54, 1.807) is 13.8 Å². The Hall–Kier alpha value is -2.61. The molecule has 0 saturated carbocycles. The van der Waals surface area contributed by atoms with Crippen LogP contribution in [0.1, 0.15) is 26.3 Å². The van der Waals surface area contributed by atoms with Gasteiger partial charge >= 0.3 is 6.09 Å². The average Bonchev–Trinajstić information content (AvgIpc) is 2.61. The zero-order valence-electron chi connectivity index (χ0n) is 15.5. The Morgan fingerprint density at radius 3 is 2.12 bits per heavy atom. The minimum atomic E-state index is -1.11. The lowest BCUT2D eigenvalue weighted by atomic mass is 10.0. The number of aliphatic hydroxyl groups is 1. The first-order valence-electron chi connectivity index (χ1n) is 8.43. The van der Waals surface area contributed by atoms with Crippen molar-refractivity contribution in [2.24, 2.45) is 5.92 Å². The maximum Gasteiger partial charge on any atom is 0.408 e. The van der Waals surface area contributed by atoms with Gasteiger partial charge in [0.25, 0.3) is 0 Å². The minimum Gasteiger partial charge on any atom is -0.445 e. The minimum absolute atomic E-state index is 0.0770. The standard InChI is InChI=1S/C18H27N3O5/c1-11(2)14(17(24)20-15(12(3)22)16(23)19-4)21-18(25)26-10-13-8-6-5-7-9-13/h5-9,11-12,14-15,22H,10H2,1-4H3,(H,19,23)(H,20,24)(H,21,25)/t12-,14+,15+/m1/s1. The summed E-state index contributed by atoms with van der Waals surface area (Å²) in [5.74, 6) is -1.35. The Labute approximate surface area is 153 Å². The van der Waals surface area contributed by atoms with E-state index in [-0.39, 0.29) is 12.5 Å². The molecule has 0 fully saturated rings. The number of likely N-dealkylation sites (N-methyl/N-ethyl adjacent to an activating group) is 1. The molecular weight excluding hydrogens is 338 g/mol. The molecule has 0 bridgehead atoms. The topological polar surface area (TPSA) is 117 Å². The van der Waals surface area contributed by atoms with Crippen molar-refractivity contribution in [2.75, 3.05) is 7.05 Å². The number of ether oxygens (including phenoxy) is 1. The van der Waals surface area contributed by atoms with Crippen LogP contribution in [0.3, 0.4) is 0 Å². The summed E-state index contributed by atoms with van der Waals surface area (Å²) in [5, 5.41) is 17.0. The fourth-order valence-corrected chi connectivity index (χ4v) is 2.23. The zero-order valence-corrected chi connectivity index (χ0v) is 15.5. The first kappa shape index (κ1) is 21.4. The van der Waals surface area contributed by atoms with E-state index in [0.29, 0.717) is 0 Å². The van der Waals surface area contributed by atoms with Gasteiger partial charge in [-0.3, -0.25) is 9.59 Å². The second-order valence-electron chi connectivity index (χ2n) is 6.27. The number of hydrogen-bond acceptors (Lipinski definition) is 5. The number of benzene rings is 1. The van der Waals surface area contributed by atoms with E-state index < -0.39 is 36.1 Å². The highest BCUT2D eigenvalue weighted by molar-refractivity contribution is 5.91. The number of amides is 3. The van der Waals surface area contributed by atoms with Crippen LogP contribution in [0.2, 0.25) is 0 Å². The predicted molar refractivity (Wildman–Crippen MR) is 96.1 cm³/mol. The summed E-state index contributed by atoms with van der Waals surface area (Å²) < 4.78 is 5.12. The van der Waals surface area contributed by atoms with Crippen LogP contribution >= 0.6 is 0 Å². The molecule has 8 nitrogen and oxygen atoms in total. The van der Waals surface area contributed by atoms with E-state index in [0.717, 1.165) is 5.56 Å². The molecule has 0 unspecified atom stereocenters. The summed E-state index contributed by atoms with van der Waals surface area (Å²) in [6, 6.07) is 7.12. The highest BCUT2D eigenvalue weighted by atomic mass is 16.5. The van der Waals surface area contributed by atoms with Crippen molar-refractivity contribution >= 4 is 17.9 Å². The van der Waals surface area contributed by atoms with Gasteiger partial charge in [0.15, 0.2) is 0 Å². The van der Waals surface area contributed by atoms with Crippen molar-refractivity contribution in [3.05, 3.63) is 35.9 Å². The van der Waals surface area contributed by atoms with E-state index >= 15 is 0 Å². The molecule has 144 valence electrons. The molecule has 0 heterocycles. The van der Waals surface area contributed by atoms with Gasteiger partial charge in [-0.15, -0.1) is 0 Å². The normalized spacial score (nSPS) is 14.1. The van der Waals surface area contributed by atoms with Gasteiger partial charge in [0.2, 0.25) is 11.8 Å². The molecule has 8 heteroatoms. The van der Waals surface area contributed by atoms with Crippen molar-refractivity contribution in [3.63, 3.8) is 0 Å².